The molecule has 0 aliphatic rings. The summed E-state index contributed by atoms with van der Waals surface area (Å²) in [5.41, 5.74) is 13.2. The fourth-order valence-corrected chi connectivity index (χ4v) is 1.84. The SMILES string of the molecule is Cc1ccc(Nc2nc(C(N)=O)ccc2N)c(Cl)c1. The number of rotatable bonds is 3. The molecular formula is C13H13ClN4O. The van der Waals surface area contributed by atoms with Gasteiger partial charge in [-0.2, -0.15) is 0 Å². The standard InChI is InChI=1S/C13H13ClN4O/c1-7-2-4-10(8(14)6-7)17-13-9(15)3-5-11(18-13)12(16)19/h2-6H,15H2,1H3,(H2,16,19)(H,17,18). The Kier molecular flexibility index (Phi) is 3.57. The van der Waals surface area contributed by atoms with Gasteiger partial charge in [0.25, 0.3) is 5.91 Å². The van der Waals surface area contributed by atoms with Gasteiger partial charge in [0.2, 0.25) is 0 Å². The summed E-state index contributed by atoms with van der Waals surface area (Å²) in [6, 6.07) is 8.58. The zero-order chi connectivity index (χ0) is 14.0. The molecule has 0 spiro atoms. The Balaban J connectivity index is 2.37. The van der Waals surface area contributed by atoms with E-state index in [0.29, 0.717) is 22.2 Å². The molecular weight excluding hydrogens is 264 g/mol. The van der Waals surface area contributed by atoms with Crippen LogP contribution in [0.1, 0.15) is 16.1 Å². The molecule has 0 saturated heterocycles. The Morgan fingerprint density at radius 3 is 2.68 bits per heavy atom. The average Bonchev–Trinajstić information content (AvgIpc) is 2.34. The predicted molar refractivity (Wildman–Crippen MR) is 76.6 cm³/mol. The summed E-state index contributed by atoms with van der Waals surface area (Å²) < 4.78 is 0. The van der Waals surface area contributed by atoms with E-state index in [9.17, 15) is 4.79 Å². The zero-order valence-electron chi connectivity index (χ0n) is 10.3. The van der Waals surface area contributed by atoms with Crippen molar-refractivity contribution < 1.29 is 4.79 Å². The molecule has 19 heavy (non-hydrogen) atoms. The second kappa shape index (κ2) is 5.16. The van der Waals surface area contributed by atoms with Crippen LogP contribution in [-0.4, -0.2) is 10.9 Å². The molecule has 1 aromatic heterocycles. The number of aryl methyl sites for hydroxylation is 1. The van der Waals surface area contributed by atoms with Crippen molar-refractivity contribution in [3.05, 3.63) is 46.6 Å². The molecule has 0 fully saturated rings. The molecule has 98 valence electrons. The van der Waals surface area contributed by atoms with Crippen LogP contribution in [0.5, 0.6) is 0 Å². The van der Waals surface area contributed by atoms with Gasteiger partial charge in [-0.25, -0.2) is 4.98 Å². The molecule has 0 aliphatic carbocycles. The first-order chi connectivity index (χ1) is 8.97. The third-order valence-corrected chi connectivity index (χ3v) is 2.87. The Labute approximate surface area is 115 Å². The van der Waals surface area contributed by atoms with Gasteiger partial charge in [0, 0.05) is 0 Å². The molecule has 6 heteroatoms. The number of nitrogens with one attached hydrogen (secondary N) is 1. The maximum absolute atomic E-state index is 11.1. The number of hydrogen-bond acceptors (Lipinski definition) is 4. The molecule has 0 bridgehead atoms. The van der Waals surface area contributed by atoms with Crippen LogP contribution in [0.4, 0.5) is 17.2 Å². The normalized spacial score (nSPS) is 10.2. The van der Waals surface area contributed by atoms with Gasteiger partial charge in [-0.1, -0.05) is 17.7 Å². The van der Waals surface area contributed by atoms with Gasteiger partial charge in [-0.3, -0.25) is 4.79 Å². The van der Waals surface area contributed by atoms with Crippen LogP contribution in [0.3, 0.4) is 0 Å². The van der Waals surface area contributed by atoms with E-state index in [1.54, 1.807) is 6.07 Å². The van der Waals surface area contributed by atoms with Gasteiger partial charge in [-0.15, -0.1) is 0 Å². The number of aromatic nitrogens is 1. The molecule has 0 aliphatic heterocycles. The number of halogens is 1. The third-order valence-electron chi connectivity index (χ3n) is 2.56. The Morgan fingerprint density at radius 1 is 1.32 bits per heavy atom. The molecule has 2 aromatic rings. The summed E-state index contributed by atoms with van der Waals surface area (Å²) in [6.45, 7) is 1.94. The van der Waals surface area contributed by atoms with E-state index >= 15 is 0 Å². The highest BCUT2D eigenvalue weighted by molar-refractivity contribution is 6.33. The summed E-state index contributed by atoms with van der Waals surface area (Å²) in [6.07, 6.45) is 0. The zero-order valence-corrected chi connectivity index (χ0v) is 11.0. The Bertz CT molecular complexity index is 643. The van der Waals surface area contributed by atoms with E-state index in [4.69, 9.17) is 23.1 Å². The Hall–Kier alpha value is -2.27. The first kappa shape index (κ1) is 13.2. The lowest BCUT2D eigenvalue weighted by molar-refractivity contribution is 0.0996. The van der Waals surface area contributed by atoms with Gasteiger partial charge in [0.15, 0.2) is 5.82 Å². The number of nitrogen functional groups attached to an aromatic ring is 1. The minimum Gasteiger partial charge on any atom is -0.396 e. The number of carbonyl (C=O) groups excluding carboxylic acids is 1. The van der Waals surface area contributed by atoms with Gasteiger partial charge in [0.05, 0.1) is 16.4 Å². The van der Waals surface area contributed by atoms with Crippen LogP contribution in [0, 0.1) is 6.92 Å². The summed E-state index contributed by atoms with van der Waals surface area (Å²) in [5.74, 6) is -0.264. The lowest BCUT2D eigenvalue weighted by atomic mass is 10.2. The van der Waals surface area contributed by atoms with Crippen LogP contribution in [0.2, 0.25) is 5.02 Å². The summed E-state index contributed by atoms with van der Waals surface area (Å²) >= 11 is 6.11. The van der Waals surface area contributed by atoms with Crippen molar-refractivity contribution in [1.29, 1.82) is 0 Å². The summed E-state index contributed by atoms with van der Waals surface area (Å²) in [4.78, 5) is 15.2. The minimum atomic E-state index is -0.613. The van der Waals surface area contributed by atoms with Crippen molar-refractivity contribution in [2.45, 2.75) is 6.92 Å². The van der Waals surface area contributed by atoms with E-state index in [-0.39, 0.29) is 5.69 Å². The fraction of sp³-hybridized carbons (Fsp3) is 0.0769. The summed E-state index contributed by atoms with van der Waals surface area (Å²) in [7, 11) is 0. The first-order valence-corrected chi connectivity index (χ1v) is 5.94. The van der Waals surface area contributed by atoms with Crippen molar-refractivity contribution in [3.63, 3.8) is 0 Å². The highest BCUT2D eigenvalue weighted by atomic mass is 35.5. The molecule has 0 radical (unpaired) electrons. The second-order valence-electron chi connectivity index (χ2n) is 4.11. The molecule has 0 saturated carbocycles. The lowest BCUT2D eigenvalue weighted by Crippen LogP contribution is -2.14. The summed E-state index contributed by atoms with van der Waals surface area (Å²) in [5, 5.41) is 3.53. The molecule has 1 amide bonds. The quantitative estimate of drug-likeness (QED) is 0.803. The highest BCUT2D eigenvalue weighted by Gasteiger charge is 2.09. The largest absolute Gasteiger partial charge is 0.396 e. The maximum Gasteiger partial charge on any atom is 0.267 e. The van der Waals surface area contributed by atoms with Crippen LogP contribution >= 0.6 is 11.6 Å². The molecule has 0 unspecified atom stereocenters. The molecule has 1 heterocycles. The van der Waals surface area contributed by atoms with Gasteiger partial charge in [-0.05, 0) is 36.8 Å². The van der Waals surface area contributed by atoms with Crippen molar-refractivity contribution >= 4 is 34.7 Å². The number of carbonyl (C=O) groups is 1. The van der Waals surface area contributed by atoms with Crippen molar-refractivity contribution in [2.24, 2.45) is 5.73 Å². The van der Waals surface area contributed by atoms with Crippen LogP contribution < -0.4 is 16.8 Å². The van der Waals surface area contributed by atoms with Gasteiger partial charge >= 0.3 is 0 Å². The van der Waals surface area contributed by atoms with E-state index in [0.717, 1.165) is 5.56 Å². The number of amides is 1. The minimum absolute atomic E-state index is 0.139. The fourth-order valence-electron chi connectivity index (χ4n) is 1.56. The molecule has 2 rings (SSSR count). The van der Waals surface area contributed by atoms with Crippen molar-refractivity contribution in [3.8, 4) is 0 Å². The Morgan fingerprint density at radius 2 is 2.05 bits per heavy atom. The lowest BCUT2D eigenvalue weighted by Gasteiger charge is -2.11. The van der Waals surface area contributed by atoms with E-state index < -0.39 is 5.91 Å². The predicted octanol–water partition coefficient (Wildman–Crippen LogP) is 2.47. The number of nitrogens with zero attached hydrogens (tertiary/aromatic N) is 1. The van der Waals surface area contributed by atoms with Crippen LogP contribution in [0.15, 0.2) is 30.3 Å². The monoisotopic (exact) mass is 276 g/mol. The van der Waals surface area contributed by atoms with E-state index in [1.165, 1.54) is 6.07 Å². The number of anilines is 3. The van der Waals surface area contributed by atoms with Crippen LogP contribution in [0.25, 0.3) is 0 Å². The van der Waals surface area contributed by atoms with E-state index in [2.05, 4.69) is 10.3 Å². The topological polar surface area (TPSA) is 94.0 Å². The number of nitrogens with two attached hydrogens (primary N) is 2. The maximum atomic E-state index is 11.1. The van der Waals surface area contributed by atoms with Gasteiger partial charge in [0.1, 0.15) is 5.69 Å². The first-order valence-electron chi connectivity index (χ1n) is 5.57. The second-order valence-corrected chi connectivity index (χ2v) is 4.51. The van der Waals surface area contributed by atoms with Gasteiger partial charge < -0.3 is 16.8 Å². The molecule has 1 aromatic carbocycles. The van der Waals surface area contributed by atoms with Crippen molar-refractivity contribution in [2.75, 3.05) is 11.1 Å². The molecule has 5 nitrogen and oxygen atoms in total. The molecule has 0 atom stereocenters. The van der Waals surface area contributed by atoms with Crippen LogP contribution in [-0.2, 0) is 0 Å². The number of benzene rings is 1. The number of primary amides is 1. The van der Waals surface area contributed by atoms with E-state index in [1.807, 2.05) is 25.1 Å². The van der Waals surface area contributed by atoms with Crippen molar-refractivity contribution in [1.82, 2.24) is 4.98 Å². The third kappa shape index (κ3) is 2.95. The average molecular weight is 277 g/mol. The number of hydrogen-bond donors (Lipinski definition) is 3. The highest BCUT2D eigenvalue weighted by Crippen LogP contribution is 2.28. The smallest absolute Gasteiger partial charge is 0.267 e. The molecule has 5 N–H and O–H groups in total. The number of pyridine rings is 1.